The zero-order chi connectivity index (χ0) is 18.4. The quantitative estimate of drug-likeness (QED) is 0.230. The van der Waals surface area contributed by atoms with Gasteiger partial charge in [-0.15, -0.1) is 0 Å². The number of epoxide rings is 1. The van der Waals surface area contributed by atoms with Gasteiger partial charge in [-0.1, -0.05) is 6.42 Å². The third-order valence-corrected chi connectivity index (χ3v) is 6.67. The van der Waals surface area contributed by atoms with Gasteiger partial charge in [0.1, 0.15) is 6.61 Å². The highest BCUT2D eigenvalue weighted by Gasteiger charge is 2.42. The Bertz CT molecular complexity index is 492. The Morgan fingerprint density at radius 1 is 1.19 bits per heavy atom. The molecule has 3 aliphatic rings. The van der Waals surface area contributed by atoms with Crippen LogP contribution in [0.3, 0.4) is 0 Å². The molecule has 4 unspecified atom stereocenters. The largest absolute Gasteiger partial charge is 0.463 e. The third-order valence-electron chi connectivity index (χ3n) is 5.16. The molecular formula is C18H30N2O5S. The molecule has 3 heterocycles. The van der Waals surface area contributed by atoms with Crippen LogP contribution in [-0.4, -0.2) is 67.1 Å². The number of thioether (sulfide) groups is 1. The predicted octanol–water partition coefficient (Wildman–Crippen LogP) is 1.84. The minimum absolute atomic E-state index is 0.0495. The summed E-state index contributed by atoms with van der Waals surface area (Å²) >= 11 is 1.91. The Morgan fingerprint density at radius 3 is 2.85 bits per heavy atom. The normalized spacial score (nSPS) is 32.0. The first-order chi connectivity index (χ1) is 12.6. The summed E-state index contributed by atoms with van der Waals surface area (Å²) in [4.78, 5) is 23.1. The van der Waals surface area contributed by atoms with E-state index in [2.05, 4.69) is 17.6 Å². The van der Waals surface area contributed by atoms with Crippen molar-refractivity contribution in [2.75, 3.05) is 25.6 Å². The van der Waals surface area contributed by atoms with E-state index in [4.69, 9.17) is 14.2 Å². The Balaban J connectivity index is 1.12. The van der Waals surface area contributed by atoms with Crippen molar-refractivity contribution in [3.63, 3.8) is 0 Å². The van der Waals surface area contributed by atoms with E-state index in [0.29, 0.717) is 43.7 Å². The van der Waals surface area contributed by atoms with Crippen LogP contribution in [-0.2, 0) is 19.0 Å². The number of ether oxygens (including phenoxy) is 3. The van der Waals surface area contributed by atoms with Gasteiger partial charge < -0.3 is 24.8 Å². The topological polar surface area (TPSA) is 89.2 Å². The zero-order valence-corrected chi connectivity index (χ0v) is 16.2. The highest BCUT2D eigenvalue weighted by Crippen LogP contribution is 2.33. The lowest BCUT2D eigenvalue weighted by atomic mass is 10.0. The lowest BCUT2D eigenvalue weighted by Gasteiger charge is -2.16. The first-order valence-electron chi connectivity index (χ1n) is 9.71. The second-order valence-corrected chi connectivity index (χ2v) is 8.49. The molecule has 2 amide bonds. The fraction of sp³-hybridized carbons (Fsp3) is 0.889. The van der Waals surface area contributed by atoms with Crippen LogP contribution in [0.2, 0.25) is 0 Å². The average Bonchev–Trinajstić information content (AvgIpc) is 2.99. The summed E-state index contributed by atoms with van der Waals surface area (Å²) in [5.41, 5.74) is 0. The number of esters is 1. The van der Waals surface area contributed by atoms with Gasteiger partial charge in [-0.3, -0.25) is 4.79 Å². The minimum atomic E-state index is -0.151. The number of rotatable bonds is 12. The first kappa shape index (κ1) is 19.8. The third kappa shape index (κ3) is 6.03. The fourth-order valence-electron chi connectivity index (χ4n) is 3.57. The second-order valence-electron chi connectivity index (χ2n) is 7.22. The minimum Gasteiger partial charge on any atom is -0.463 e. The van der Waals surface area contributed by atoms with Crippen molar-refractivity contribution in [1.29, 1.82) is 0 Å². The molecule has 0 aromatic heterocycles. The number of urea groups is 1. The molecule has 8 heteroatoms. The van der Waals surface area contributed by atoms with Crippen molar-refractivity contribution in [2.24, 2.45) is 0 Å². The van der Waals surface area contributed by atoms with E-state index in [9.17, 15) is 9.59 Å². The molecule has 0 spiro atoms. The smallest absolute Gasteiger partial charge is 0.315 e. The Morgan fingerprint density at radius 2 is 2.04 bits per heavy atom. The molecule has 5 atom stereocenters. The van der Waals surface area contributed by atoms with E-state index in [1.54, 1.807) is 0 Å². The molecule has 0 saturated carbocycles. The number of hydrogen-bond donors (Lipinski definition) is 2. The van der Waals surface area contributed by atoms with Gasteiger partial charge in [0.05, 0.1) is 30.9 Å². The molecule has 3 fully saturated rings. The van der Waals surface area contributed by atoms with E-state index in [1.165, 1.54) is 0 Å². The van der Waals surface area contributed by atoms with E-state index in [-0.39, 0.29) is 24.1 Å². The molecule has 2 N–H and O–H groups in total. The summed E-state index contributed by atoms with van der Waals surface area (Å²) in [5.74, 6) is 0.824. The van der Waals surface area contributed by atoms with Crippen LogP contribution in [0.1, 0.15) is 45.4 Å². The molecule has 148 valence electrons. The first-order valence-corrected chi connectivity index (χ1v) is 10.8. The number of hydrogen-bond acceptors (Lipinski definition) is 6. The lowest BCUT2D eigenvalue weighted by molar-refractivity contribution is -0.145. The van der Waals surface area contributed by atoms with Crippen LogP contribution in [0.4, 0.5) is 4.79 Å². The number of nitrogens with one attached hydrogen (secondary N) is 2. The van der Waals surface area contributed by atoms with Crippen LogP contribution in [0.25, 0.3) is 0 Å². The van der Waals surface area contributed by atoms with Gasteiger partial charge in [0, 0.05) is 24.0 Å². The lowest BCUT2D eigenvalue weighted by Crippen LogP contribution is -2.36. The van der Waals surface area contributed by atoms with Crippen molar-refractivity contribution in [2.45, 2.75) is 75.0 Å². The van der Waals surface area contributed by atoms with Crippen LogP contribution < -0.4 is 10.6 Å². The van der Waals surface area contributed by atoms with Gasteiger partial charge in [-0.25, -0.2) is 4.79 Å². The van der Waals surface area contributed by atoms with E-state index in [0.717, 1.165) is 37.9 Å². The molecule has 26 heavy (non-hydrogen) atoms. The second kappa shape index (κ2) is 9.80. The molecule has 0 radical (unpaired) electrons. The molecule has 7 nitrogen and oxygen atoms in total. The van der Waals surface area contributed by atoms with Gasteiger partial charge >= 0.3 is 12.0 Å². The van der Waals surface area contributed by atoms with Crippen LogP contribution in [0.5, 0.6) is 0 Å². The molecule has 3 aliphatic heterocycles. The van der Waals surface area contributed by atoms with Gasteiger partial charge in [0.2, 0.25) is 0 Å². The summed E-state index contributed by atoms with van der Waals surface area (Å²) in [6, 6.07) is 0.459. The molecule has 3 saturated heterocycles. The monoisotopic (exact) mass is 386 g/mol. The van der Waals surface area contributed by atoms with Crippen LogP contribution >= 0.6 is 11.8 Å². The maximum absolute atomic E-state index is 11.7. The van der Waals surface area contributed by atoms with Crippen molar-refractivity contribution >= 4 is 23.8 Å². The number of unbranched alkanes of at least 4 members (excludes halogenated alkanes) is 1. The van der Waals surface area contributed by atoms with Crippen LogP contribution in [0, 0.1) is 0 Å². The van der Waals surface area contributed by atoms with E-state index >= 15 is 0 Å². The summed E-state index contributed by atoms with van der Waals surface area (Å²) in [6.07, 6.45) is 6.14. The van der Waals surface area contributed by atoms with Gasteiger partial charge in [0.15, 0.2) is 0 Å². The number of carbonyl (C=O) groups excluding carboxylic acids is 2. The summed E-state index contributed by atoms with van der Waals surface area (Å²) in [7, 11) is 0. The number of carbonyl (C=O) groups is 2. The summed E-state index contributed by atoms with van der Waals surface area (Å²) in [5, 5.41) is 6.39. The van der Waals surface area contributed by atoms with Gasteiger partial charge in [-0.05, 0) is 32.6 Å². The van der Waals surface area contributed by atoms with Crippen molar-refractivity contribution in [3.8, 4) is 0 Å². The Labute approximate surface area is 159 Å². The van der Waals surface area contributed by atoms with Gasteiger partial charge in [0.25, 0.3) is 0 Å². The van der Waals surface area contributed by atoms with Crippen LogP contribution in [0.15, 0.2) is 0 Å². The molecule has 0 bridgehead atoms. The fourth-order valence-corrected chi connectivity index (χ4v) is 5.11. The Hall–Kier alpha value is -0.990. The van der Waals surface area contributed by atoms with Crippen molar-refractivity contribution in [3.05, 3.63) is 0 Å². The predicted molar refractivity (Wildman–Crippen MR) is 99.3 cm³/mol. The maximum atomic E-state index is 11.7. The Kier molecular flexibility index (Phi) is 7.45. The standard InChI is InChI=1S/C18H30N2O5S/c1-12-14(25-12)5-4-8-23-9-10-24-16(21)7-3-2-6-15-17-13(11-26-15)19-18(22)20-17/h12-15,17H,2-11H2,1H3,(H2,19,20,22)/t12?,13?,14-,15?,17?/m0/s1. The molecular weight excluding hydrogens is 356 g/mol. The van der Waals surface area contributed by atoms with E-state index in [1.807, 2.05) is 11.8 Å². The molecule has 0 aromatic carbocycles. The number of amides is 2. The van der Waals surface area contributed by atoms with E-state index < -0.39 is 0 Å². The molecule has 0 aliphatic carbocycles. The summed E-state index contributed by atoms with van der Waals surface area (Å²) < 4.78 is 16.0. The average molecular weight is 387 g/mol. The van der Waals surface area contributed by atoms with Crippen molar-refractivity contribution in [1.82, 2.24) is 10.6 Å². The molecule has 0 aromatic rings. The van der Waals surface area contributed by atoms with Crippen molar-refractivity contribution < 1.29 is 23.8 Å². The number of fused-ring (bicyclic) bond motifs is 1. The molecule has 3 rings (SSSR count). The highest BCUT2D eigenvalue weighted by molar-refractivity contribution is 8.00. The highest BCUT2D eigenvalue weighted by atomic mass is 32.2. The van der Waals surface area contributed by atoms with Gasteiger partial charge in [-0.2, -0.15) is 11.8 Å². The maximum Gasteiger partial charge on any atom is 0.315 e. The SMILES string of the molecule is CC1O[C@H]1CCCOCCOC(=O)CCCCC1SCC2NC(=O)NC21. The zero-order valence-electron chi connectivity index (χ0n) is 15.4. The summed E-state index contributed by atoms with van der Waals surface area (Å²) in [6.45, 7) is 3.56.